The molecule has 2 heterocycles. The molecule has 0 bridgehead atoms. The lowest BCUT2D eigenvalue weighted by molar-refractivity contribution is 0.0985. The van der Waals surface area contributed by atoms with Crippen LogP contribution in [0.1, 0.15) is 16.1 Å². The number of sulfonamides is 1. The largest absolute Gasteiger partial charge is 0.356 e. The summed E-state index contributed by atoms with van der Waals surface area (Å²) in [6, 6.07) is 6.28. The summed E-state index contributed by atoms with van der Waals surface area (Å²) in [4.78, 5) is 17.0. The summed E-state index contributed by atoms with van der Waals surface area (Å²) in [5.74, 6) is -0.150. The van der Waals surface area contributed by atoms with Crippen molar-refractivity contribution in [3.8, 4) is 0 Å². The summed E-state index contributed by atoms with van der Waals surface area (Å²) in [7, 11) is -3.73. The summed E-state index contributed by atoms with van der Waals surface area (Å²) in [5, 5.41) is 5.12. The molecule has 0 aliphatic carbocycles. The minimum atomic E-state index is -3.73. The average Bonchev–Trinajstić information content (AvgIpc) is 3.02. The van der Waals surface area contributed by atoms with E-state index in [1.165, 1.54) is 12.1 Å². The van der Waals surface area contributed by atoms with Gasteiger partial charge in [-0.1, -0.05) is 0 Å². The highest BCUT2D eigenvalue weighted by molar-refractivity contribution is 9.10. The fraction of sp³-hybridized carbons (Fsp3) is 0.154. The first-order valence-electron chi connectivity index (χ1n) is 6.18. The number of rotatable bonds is 2. The molecule has 1 aromatic heterocycles. The third-order valence-electron chi connectivity index (χ3n) is 3.40. The molecule has 110 valence electrons. The lowest BCUT2D eigenvalue weighted by Gasteiger charge is -2.16. The summed E-state index contributed by atoms with van der Waals surface area (Å²) in [6.07, 6.45) is 2.29. The highest BCUT2D eigenvalue weighted by Gasteiger charge is 2.27. The predicted molar refractivity (Wildman–Crippen MR) is 81.7 cm³/mol. The predicted octanol–water partition coefficient (Wildman–Crippen LogP) is 1.63. The zero-order valence-corrected chi connectivity index (χ0v) is 13.2. The number of anilines is 1. The number of nitrogens with one attached hydrogen (secondary N) is 1. The van der Waals surface area contributed by atoms with Crippen molar-refractivity contribution in [3.63, 3.8) is 0 Å². The summed E-state index contributed by atoms with van der Waals surface area (Å²) in [6.45, 7) is 0.513. The Hall–Kier alpha value is -1.64. The molecule has 1 aromatic carbocycles. The molecular weight excluding hydrogens is 358 g/mol. The van der Waals surface area contributed by atoms with Gasteiger partial charge in [-0.3, -0.25) is 4.79 Å². The van der Waals surface area contributed by atoms with Gasteiger partial charge in [-0.25, -0.2) is 13.6 Å². The minimum absolute atomic E-state index is 0.0677. The van der Waals surface area contributed by atoms with Crippen LogP contribution in [0, 0.1) is 0 Å². The van der Waals surface area contributed by atoms with Crippen molar-refractivity contribution < 1.29 is 13.2 Å². The Morgan fingerprint density at radius 2 is 2.10 bits per heavy atom. The van der Waals surface area contributed by atoms with Crippen LogP contribution < -0.4 is 10.0 Å². The molecule has 0 spiro atoms. The van der Waals surface area contributed by atoms with E-state index in [1.54, 1.807) is 23.2 Å². The topological polar surface area (TPSA) is 96.3 Å². The van der Waals surface area contributed by atoms with E-state index < -0.39 is 10.0 Å². The van der Waals surface area contributed by atoms with Gasteiger partial charge in [-0.05, 0) is 52.2 Å². The quantitative estimate of drug-likeness (QED) is 0.841. The Bertz CT molecular complexity index is 829. The van der Waals surface area contributed by atoms with Crippen LogP contribution in [0.3, 0.4) is 0 Å². The number of carbonyl (C=O) groups is 1. The second kappa shape index (κ2) is 4.97. The maximum Gasteiger partial charge on any atom is 0.274 e. The number of halogens is 1. The smallest absolute Gasteiger partial charge is 0.274 e. The number of aromatic nitrogens is 1. The van der Waals surface area contributed by atoms with Gasteiger partial charge in [-0.15, -0.1) is 0 Å². The Morgan fingerprint density at radius 1 is 1.33 bits per heavy atom. The van der Waals surface area contributed by atoms with Crippen molar-refractivity contribution in [2.24, 2.45) is 5.14 Å². The molecule has 2 aromatic rings. The number of nitrogens with two attached hydrogens (primary N) is 1. The number of hydrogen-bond donors (Lipinski definition) is 2. The van der Waals surface area contributed by atoms with Gasteiger partial charge in [-0.2, -0.15) is 0 Å². The van der Waals surface area contributed by atoms with Gasteiger partial charge >= 0.3 is 0 Å². The minimum Gasteiger partial charge on any atom is -0.356 e. The normalized spacial score (nSPS) is 14.3. The second-order valence-corrected chi connectivity index (χ2v) is 7.25. The molecule has 0 saturated carbocycles. The molecule has 6 nitrogen and oxygen atoms in total. The maximum absolute atomic E-state index is 12.4. The van der Waals surface area contributed by atoms with Crippen molar-refractivity contribution in [2.75, 3.05) is 11.4 Å². The van der Waals surface area contributed by atoms with Crippen LogP contribution in [-0.2, 0) is 16.4 Å². The molecule has 0 saturated heterocycles. The zero-order valence-electron chi connectivity index (χ0n) is 10.8. The number of aromatic amines is 1. The highest BCUT2D eigenvalue weighted by atomic mass is 79.9. The number of nitrogens with zero attached hydrogens (tertiary/aromatic N) is 1. The first-order valence-corrected chi connectivity index (χ1v) is 8.52. The van der Waals surface area contributed by atoms with Gasteiger partial charge in [0.2, 0.25) is 10.0 Å². The molecule has 0 radical (unpaired) electrons. The van der Waals surface area contributed by atoms with Crippen molar-refractivity contribution in [2.45, 2.75) is 11.3 Å². The molecule has 3 rings (SSSR count). The standard InChI is InChI=1S/C13H12BrN3O3S/c14-9-6-11(16-7-9)13(18)17-4-3-8-5-10(21(15,19)20)1-2-12(8)17/h1-2,5-7,16H,3-4H2,(H2,15,19,20). The van der Waals surface area contributed by atoms with Crippen molar-refractivity contribution in [3.05, 3.63) is 46.2 Å². The SMILES string of the molecule is NS(=O)(=O)c1ccc2c(c1)CCN2C(=O)c1cc(Br)c[nH]1. The van der Waals surface area contributed by atoms with E-state index in [4.69, 9.17) is 5.14 Å². The molecule has 21 heavy (non-hydrogen) atoms. The van der Waals surface area contributed by atoms with Crippen LogP contribution in [-0.4, -0.2) is 25.9 Å². The van der Waals surface area contributed by atoms with Crippen LogP contribution >= 0.6 is 15.9 Å². The van der Waals surface area contributed by atoms with Gasteiger partial charge in [0.05, 0.1) is 4.90 Å². The molecule has 8 heteroatoms. The van der Waals surface area contributed by atoms with E-state index in [0.29, 0.717) is 18.7 Å². The molecule has 3 N–H and O–H groups in total. The molecular formula is C13H12BrN3O3S. The van der Waals surface area contributed by atoms with Gasteiger partial charge in [0.1, 0.15) is 5.69 Å². The van der Waals surface area contributed by atoms with Gasteiger partial charge < -0.3 is 9.88 Å². The monoisotopic (exact) mass is 369 g/mol. The maximum atomic E-state index is 12.4. The van der Waals surface area contributed by atoms with Gasteiger partial charge in [0, 0.05) is 22.9 Å². The van der Waals surface area contributed by atoms with E-state index in [1.807, 2.05) is 0 Å². The number of primary sulfonamides is 1. The molecule has 1 aliphatic heterocycles. The Balaban J connectivity index is 1.96. The van der Waals surface area contributed by atoms with Crippen molar-refractivity contribution in [1.82, 2.24) is 4.98 Å². The third-order valence-corrected chi connectivity index (χ3v) is 4.77. The fourth-order valence-corrected chi connectivity index (χ4v) is 3.31. The molecule has 1 amide bonds. The lowest BCUT2D eigenvalue weighted by Crippen LogP contribution is -2.29. The number of hydrogen-bond acceptors (Lipinski definition) is 3. The zero-order chi connectivity index (χ0) is 15.2. The average molecular weight is 370 g/mol. The van der Waals surface area contributed by atoms with E-state index in [-0.39, 0.29) is 10.8 Å². The van der Waals surface area contributed by atoms with E-state index >= 15 is 0 Å². The first kappa shape index (κ1) is 14.3. The second-order valence-electron chi connectivity index (χ2n) is 4.77. The van der Waals surface area contributed by atoms with Crippen LogP contribution in [0.2, 0.25) is 0 Å². The molecule has 1 aliphatic rings. The summed E-state index contributed by atoms with van der Waals surface area (Å²) in [5.41, 5.74) is 2.00. The Morgan fingerprint density at radius 3 is 2.71 bits per heavy atom. The van der Waals surface area contributed by atoms with Crippen LogP contribution in [0.25, 0.3) is 0 Å². The van der Waals surface area contributed by atoms with Crippen LogP contribution in [0.5, 0.6) is 0 Å². The number of carbonyl (C=O) groups excluding carboxylic acids is 1. The summed E-state index contributed by atoms with van der Waals surface area (Å²) < 4.78 is 23.5. The van der Waals surface area contributed by atoms with Crippen molar-refractivity contribution >= 4 is 37.5 Å². The van der Waals surface area contributed by atoms with E-state index in [9.17, 15) is 13.2 Å². The van der Waals surface area contributed by atoms with Gasteiger partial charge in [0.25, 0.3) is 5.91 Å². The first-order chi connectivity index (χ1) is 9.86. The van der Waals surface area contributed by atoms with Crippen LogP contribution in [0.15, 0.2) is 39.8 Å². The highest BCUT2D eigenvalue weighted by Crippen LogP contribution is 2.31. The number of H-pyrrole nitrogens is 1. The molecule has 0 atom stereocenters. The van der Waals surface area contributed by atoms with Crippen LogP contribution in [0.4, 0.5) is 5.69 Å². The fourth-order valence-electron chi connectivity index (χ4n) is 2.40. The van der Waals surface area contributed by atoms with E-state index in [2.05, 4.69) is 20.9 Å². The Kier molecular flexibility index (Phi) is 3.39. The number of fused-ring (bicyclic) bond motifs is 1. The van der Waals surface area contributed by atoms with Crippen molar-refractivity contribution in [1.29, 1.82) is 0 Å². The Labute approximate surface area is 130 Å². The number of benzene rings is 1. The van der Waals surface area contributed by atoms with E-state index in [0.717, 1.165) is 15.7 Å². The molecule has 0 fully saturated rings. The molecule has 0 unspecified atom stereocenters. The van der Waals surface area contributed by atoms with Gasteiger partial charge in [0.15, 0.2) is 0 Å². The lowest BCUT2D eigenvalue weighted by atomic mass is 10.2. The number of amides is 1. The summed E-state index contributed by atoms with van der Waals surface area (Å²) >= 11 is 3.29. The third kappa shape index (κ3) is 2.61.